The van der Waals surface area contributed by atoms with E-state index in [9.17, 15) is 8.78 Å². The zero-order chi connectivity index (χ0) is 10.8. The Labute approximate surface area is 87.7 Å². The molecule has 1 aliphatic rings. The summed E-state index contributed by atoms with van der Waals surface area (Å²) in [5.41, 5.74) is 6.15. The molecule has 0 spiro atoms. The maximum Gasteiger partial charge on any atom is 0.151 e. The van der Waals surface area contributed by atoms with Gasteiger partial charge in [0, 0.05) is 19.2 Å². The van der Waals surface area contributed by atoms with E-state index in [-0.39, 0.29) is 5.69 Å². The maximum absolute atomic E-state index is 13.2. The highest BCUT2D eigenvalue weighted by molar-refractivity contribution is 5.68. The Morgan fingerprint density at radius 2 is 1.73 bits per heavy atom. The van der Waals surface area contributed by atoms with E-state index < -0.39 is 11.6 Å². The molecule has 1 heterocycles. The first-order chi connectivity index (χ1) is 7.18. The highest BCUT2D eigenvalue weighted by Crippen LogP contribution is 2.29. The Morgan fingerprint density at radius 3 is 2.40 bits per heavy atom. The molecule has 0 amide bonds. The van der Waals surface area contributed by atoms with Gasteiger partial charge in [-0.2, -0.15) is 0 Å². The van der Waals surface area contributed by atoms with Gasteiger partial charge in [-0.15, -0.1) is 0 Å². The molecule has 82 valence electrons. The van der Waals surface area contributed by atoms with Crippen LogP contribution in [0.25, 0.3) is 0 Å². The molecule has 0 bridgehead atoms. The summed E-state index contributed by atoms with van der Waals surface area (Å²) in [5.74, 6) is -1.24. The van der Waals surface area contributed by atoms with Crippen LogP contribution < -0.4 is 10.6 Å². The number of anilines is 2. The van der Waals surface area contributed by atoms with Crippen LogP contribution >= 0.6 is 0 Å². The number of benzene rings is 1. The first-order valence-electron chi connectivity index (χ1n) is 5.18. The van der Waals surface area contributed by atoms with E-state index in [4.69, 9.17) is 5.73 Å². The summed E-state index contributed by atoms with van der Waals surface area (Å²) in [6.07, 6.45) is 3.28. The SMILES string of the molecule is Nc1c(F)cc(F)cc1N1CCCCC1. The molecule has 4 heteroatoms. The number of halogens is 2. The average molecular weight is 212 g/mol. The molecule has 1 aromatic carbocycles. The Morgan fingerprint density at radius 1 is 1.07 bits per heavy atom. The number of hydrogen-bond donors (Lipinski definition) is 1. The van der Waals surface area contributed by atoms with Gasteiger partial charge in [0.2, 0.25) is 0 Å². The van der Waals surface area contributed by atoms with Gasteiger partial charge in [0.25, 0.3) is 0 Å². The molecule has 0 saturated carbocycles. The fraction of sp³-hybridized carbons (Fsp3) is 0.455. The van der Waals surface area contributed by atoms with Gasteiger partial charge in [-0.3, -0.25) is 0 Å². The molecule has 1 aliphatic heterocycles. The topological polar surface area (TPSA) is 29.3 Å². The Bertz CT molecular complexity index is 360. The smallest absolute Gasteiger partial charge is 0.151 e. The van der Waals surface area contributed by atoms with E-state index in [2.05, 4.69) is 0 Å². The number of piperidine rings is 1. The molecule has 0 atom stereocenters. The summed E-state index contributed by atoms with van der Waals surface area (Å²) in [6, 6.07) is 2.13. The Kier molecular flexibility index (Phi) is 2.75. The lowest BCUT2D eigenvalue weighted by Gasteiger charge is -2.29. The molecule has 2 rings (SSSR count). The van der Waals surface area contributed by atoms with E-state index in [1.54, 1.807) is 0 Å². The molecule has 1 fully saturated rings. The van der Waals surface area contributed by atoms with Gasteiger partial charge in [-0.05, 0) is 25.3 Å². The second kappa shape index (κ2) is 4.04. The zero-order valence-corrected chi connectivity index (χ0v) is 8.47. The van der Waals surface area contributed by atoms with Crippen molar-refractivity contribution in [3.8, 4) is 0 Å². The molecule has 15 heavy (non-hydrogen) atoms. The molecule has 2 N–H and O–H groups in total. The van der Waals surface area contributed by atoms with E-state index in [0.717, 1.165) is 32.0 Å². The molecule has 1 aromatic rings. The van der Waals surface area contributed by atoms with Gasteiger partial charge in [0.1, 0.15) is 5.82 Å². The van der Waals surface area contributed by atoms with Crippen LogP contribution in [0.1, 0.15) is 19.3 Å². The van der Waals surface area contributed by atoms with Crippen LogP contribution in [0.2, 0.25) is 0 Å². The van der Waals surface area contributed by atoms with Crippen LogP contribution in [0.5, 0.6) is 0 Å². The first-order valence-corrected chi connectivity index (χ1v) is 5.18. The quantitative estimate of drug-likeness (QED) is 0.725. The lowest BCUT2D eigenvalue weighted by molar-refractivity contribution is 0.564. The number of nitrogen functional groups attached to an aromatic ring is 1. The monoisotopic (exact) mass is 212 g/mol. The van der Waals surface area contributed by atoms with Crippen molar-refractivity contribution in [1.29, 1.82) is 0 Å². The third kappa shape index (κ3) is 2.03. The van der Waals surface area contributed by atoms with Crippen molar-refractivity contribution >= 4 is 11.4 Å². The predicted octanol–water partition coefficient (Wildman–Crippen LogP) is 2.54. The van der Waals surface area contributed by atoms with Crippen LogP contribution in [-0.4, -0.2) is 13.1 Å². The zero-order valence-electron chi connectivity index (χ0n) is 8.47. The average Bonchev–Trinajstić information content (AvgIpc) is 2.24. The fourth-order valence-electron chi connectivity index (χ4n) is 1.97. The lowest BCUT2D eigenvalue weighted by atomic mass is 10.1. The Balaban J connectivity index is 2.33. The molecular weight excluding hydrogens is 198 g/mol. The van der Waals surface area contributed by atoms with Crippen molar-refractivity contribution < 1.29 is 8.78 Å². The van der Waals surface area contributed by atoms with Crippen LogP contribution in [-0.2, 0) is 0 Å². The normalized spacial score (nSPS) is 16.8. The van der Waals surface area contributed by atoms with Crippen molar-refractivity contribution in [2.45, 2.75) is 19.3 Å². The highest BCUT2D eigenvalue weighted by atomic mass is 19.1. The van der Waals surface area contributed by atoms with Crippen molar-refractivity contribution in [1.82, 2.24) is 0 Å². The molecule has 0 unspecified atom stereocenters. The second-order valence-electron chi connectivity index (χ2n) is 3.87. The van der Waals surface area contributed by atoms with Crippen molar-refractivity contribution in [2.24, 2.45) is 0 Å². The van der Waals surface area contributed by atoms with Crippen molar-refractivity contribution in [2.75, 3.05) is 23.7 Å². The fourth-order valence-corrected chi connectivity index (χ4v) is 1.97. The van der Waals surface area contributed by atoms with Crippen molar-refractivity contribution in [3.63, 3.8) is 0 Å². The molecule has 0 radical (unpaired) electrons. The van der Waals surface area contributed by atoms with Gasteiger partial charge < -0.3 is 10.6 Å². The Hall–Kier alpha value is -1.32. The largest absolute Gasteiger partial charge is 0.395 e. The van der Waals surface area contributed by atoms with Crippen molar-refractivity contribution in [3.05, 3.63) is 23.8 Å². The molecule has 1 saturated heterocycles. The molecule has 0 aromatic heterocycles. The van der Waals surface area contributed by atoms with Gasteiger partial charge >= 0.3 is 0 Å². The minimum absolute atomic E-state index is 0.0540. The van der Waals surface area contributed by atoms with Crippen LogP contribution in [0.15, 0.2) is 12.1 Å². The highest BCUT2D eigenvalue weighted by Gasteiger charge is 2.16. The minimum Gasteiger partial charge on any atom is -0.395 e. The van der Waals surface area contributed by atoms with E-state index in [1.807, 2.05) is 4.90 Å². The maximum atomic E-state index is 13.2. The summed E-state index contributed by atoms with van der Waals surface area (Å²) in [5, 5.41) is 0. The minimum atomic E-state index is -0.671. The number of hydrogen-bond acceptors (Lipinski definition) is 2. The first kappa shape index (κ1) is 10.2. The molecule has 2 nitrogen and oxygen atoms in total. The third-order valence-electron chi connectivity index (χ3n) is 2.77. The van der Waals surface area contributed by atoms with Gasteiger partial charge in [0.15, 0.2) is 5.82 Å². The predicted molar refractivity (Wildman–Crippen MR) is 56.8 cm³/mol. The number of nitrogens with two attached hydrogens (primary N) is 1. The van der Waals surface area contributed by atoms with E-state index in [0.29, 0.717) is 5.69 Å². The summed E-state index contributed by atoms with van der Waals surface area (Å²) in [7, 11) is 0. The number of rotatable bonds is 1. The van der Waals surface area contributed by atoms with Crippen LogP contribution in [0, 0.1) is 11.6 Å². The van der Waals surface area contributed by atoms with Crippen LogP contribution in [0.3, 0.4) is 0 Å². The standard InChI is InChI=1S/C11H14F2N2/c12-8-6-9(13)11(14)10(7-8)15-4-2-1-3-5-15/h6-7H,1-5,14H2. The lowest BCUT2D eigenvalue weighted by Crippen LogP contribution is -2.30. The summed E-state index contributed by atoms with van der Waals surface area (Å²) in [4.78, 5) is 1.95. The van der Waals surface area contributed by atoms with Gasteiger partial charge in [0.05, 0.1) is 11.4 Å². The van der Waals surface area contributed by atoms with E-state index >= 15 is 0 Å². The summed E-state index contributed by atoms with van der Waals surface area (Å²) >= 11 is 0. The molecular formula is C11H14F2N2. The van der Waals surface area contributed by atoms with E-state index in [1.165, 1.54) is 12.5 Å². The summed E-state index contributed by atoms with van der Waals surface area (Å²) in [6.45, 7) is 1.65. The second-order valence-corrected chi connectivity index (χ2v) is 3.87. The molecule has 0 aliphatic carbocycles. The number of nitrogens with zero attached hydrogens (tertiary/aromatic N) is 1. The summed E-state index contributed by atoms with van der Waals surface area (Å²) < 4.78 is 26.2. The third-order valence-corrected chi connectivity index (χ3v) is 2.77. The van der Waals surface area contributed by atoms with Gasteiger partial charge in [-0.1, -0.05) is 0 Å². The van der Waals surface area contributed by atoms with Crippen LogP contribution in [0.4, 0.5) is 20.2 Å². The van der Waals surface area contributed by atoms with Gasteiger partial charge in [-0.25, -0.2) is 8.78 Å².